The van der Waals surface area contributed by atoms with Gasteiger partial charge in [-0.25, -0.2) is 0 Å². The van der Waals surface area contributed by atoms with E-state index in [1.165, 1.54) is 24.5 Å². The van der Waals surface area contributed by atoms with E-state index in [-0.39, 0.29) is 22.9 Å². The quantitative estimate of drug-likeness (QED) is 0.538. The molecule has 0 unspecified atom stereocenters. The minimum absolute atomic E-state index is 0.115. The van der Waals surface area contributed by atoms with Crippen LogP contribution in [-0.2, 0) is 6.54 Å². The van der Waals surface area contributed by atoms with E-state index in [2.05, 4.69) is 35.2 Å². The lowest BCUT2D eigenvalue weighted by molar-refractivity contribution is 0.0945. The SMILES string of the molecule is CC.CC.CC(C)c1cc(C2CC2)cc2c(=O)cc(C(=O)NCc3ccccn3)[nH]c12. The number of carbonyl (C=O) groups excluding carboxylic acids is 1. The summed E-state index contributed by atoms with van der Waals surface area (Å²) in [4.78, 5) is 32.7. The number of H-pyrrole nitrogens is 1. The molecule has 1 aliphatic carbocycles. The van der Waals surface area contributed by atoms with E-state index in [0.717, 1.165) is 16.8 Å². The molecule has 3 aromatic rings. The number of rotatable bonds is 5. The molecule has 1 amide bonds. The molecule has 2 aromatic heterocycles. The molecule has 2 N–H and O–H groups in total. The Morgan fingerprint density at radius 3 is 2.42 bits per heavy atom. The standard InChI is InChI=1S/C22H23N3O2.2C2H6/c1-13(2)17-9-15(14-6-7-14)10-18-20(26)11-19(25-21(17)18)22(27)24-12-16-5-3-4-8-23-16;2*1-2/h3-5,8-11,13-14H,6-7,12H2,1-2H3,(H,24,27)(H,25,26);2*1-2H3. The molecule has 1 aliphatic rings. The Morgan fingerprint density at radius 1 is 1.13 bits per heavy atom. The Balaban J connectivity index is 0.000000807. The molecule has 4 rings (SSSR count). The fraction of sp³-hybridized carbons (Fsp3) is 0.423. The second kappa shape index (κ2) is 11.4. The lowest BCUT2D eigenvalue weighted by Crippen LogP contribution is -2.25. The number of aromatic nitrogens is 2. The summed E-state index contributed by atoms with van der Waals surface area (Å²) in [5.41, 5.74) is 4.03. The van der Waals surface area contributed by atoms with Crippen molar-refractivity contribution in [2.24, 2.45) is 0 Å². The van der Waals surface area contributed by atoms with Crippen LogP contribution in [0.1, 0.15) is 93.5 Å². The van der Waals surface area contributed by atoms with Crippen molar-refractivity contribution in [3.63, 3.8) is 0 Å². The van der Waals surface area contributed by atoms with Crippen LogP contribution in [0.25, 0.3) is 10.9 Å². The summed E-state index contributed by atoms with van der Waals surface area (Å²) in [5, 5.41) is 3.49. The van der Waals surface area contributed by atoms with Crippen molar-refractivity contribution < 1.29 is 4.79 Å². The number of nitrogens with zero attached hydrogens (tertiary/aromatic N) is 1. The first-order valence-corrected chi connectivity index (χ1v) is 11.4. The van der Waals surface area contributed by atoms with Crippen LogP contribution < -0.4 is 10.7 Å². The highest BCUT2D eigenvalue weighted by atomic mass is 16.2. The zero-order valence-electron chi connectivity index (χ0n) is 19.6. The maximum atomic E-state index is 12.7. The van der Waals surface area contributed by atoms with Crippen LogP contribution in [0.3, 0.4) is 0 Å². The van der Waals surface area contributed by atoms with Gasteiger partial charge in [-0.1, -0.05) is 53.7 Å². The highest BCUT2D eigenvalue weighted by Crippen LogP contribution is 2.42. The molecule has 5 heteroatoms. The van der Waals surface area contributed by atoms with Crippen molar-refractivity contribution in [1.82, 2.24) is 15.3 Å². The molecule has 1 saturated carbocycles. The van der Waals surface area contributed by atoms with Gasteiger partial charge in [-0.05, 0) is 54.0 Å². The van der Waals surface area contributed by atoms with Gasteiger partial charge in [0.25, 0.3) is 5.91 Å². The largest absolute Gasteiger partial charge is 0.350 e. The van der Waals surface area contributed by atoms with Crippen molar-refractivity contribution in [1.29, 1.82) is 0 Å². The minimum Gasteiger partial charge on any atom is -0.350 e. The second-order valence-corrected chi connectivity index (χ2v) is 7.51. The molecular formula is C26H35N3O2. The molecule has 166 valence electrons. The minimum atomic E-state index is -0.305. The van der Waals surface area contributed by atoms with Crippen molar-refractivity contribution in [2.45, 2.75) is 72.8 Å². The maximum absolute atomic E-state index is 12.7. The summed E-state index contributed by atoms with van der Waals surface area (Å²) in [7, 11) is 0. The predicted octanol–water partition coefficient (Wildman–Crippen LogP) is 5.91. The van der Waals surface area contributed by atoms with Gasteiger partial charge in [0, 0.05) is 17.6 Å². The lowest BCUT2D eigenvalue weighted by atomic mass is 9.95. The van der Waals surface area contributed by atoms with E-state index >= 15 is 0 Å². The Hall–Kier alpha value is -2.95. The third-order valence-electron chi connectivity index (χ3n) is 5.06. The number of nitrogens with one attached hydrogen (secondary N) is 2. The van der Waals surface area contributed by atoms with E-state index in [4.69, 9.17) is 0 Å². The van der Waals surface area contributed by atoms with Crippen LogP contribution in [0.2, 0.25) is 0 Å². The van der Waals surface area contributed by atoms with Crippen molar-refractivity contribution in [2.75, 3.05) is 0 Å². The monoisotopic (exact) mass is 421 g/mol. The van der Waals surface area contributed by atoms with Gasteiger partial charge in [-0.15, -0.1) is 0 Å². The van der Waals surface area contributed by atoms with Crippen molar-refractivity contribution in [3.8, 4) is 0 Å². The molecule has 0 spiro atoms. The van der Waals surface area contributed by atoms with Gasteiger partial charge in [-0.2, -0.15) is 0 Å². The number of amides is 1. The number of benzene rings is 1. The summed E-state index contributed by atoms with van der Waals surface area (Å²) in [6.45, 7) is 12.5. The fourth-order valence-corrected chi connectivity index (χ4v) is 3.40. The van der Waals surface area contributed by atoms with E-state index < -0.39 is 0 Å². The van der Waals surface area contributed by atoms with Gasteiger partial charge in [0.1, 0.15) is 5.69 Å². The fourth-order valence-electron chi connectivity index (χ4n) is 3.40. The molecule has 0 saturated heterocycles. The van der Waals surface area contributed by atoms with Crippen LogP contribution >= 0.6 is 0 Å². The highest BCUT2D eigenvalue weighted by molar-refractivity contribution is 5.95. The lowest BCUT2D eigenvalue weighted by Gasteiger charge is -2.14. The van der Waals surface area contributed by atoms with Crippen LogP contribution in [0, 0.1) is 0 Å². The van der Waals surface area contributed by atoms with Gasteiger partial charge < -0.3 is 10.3 Å². The average molecular weight is 422 g/mol. The normalized spacial score (nSPS) is 12.5. The summed E-state index contributed by atoms with van der Waals surface area (Å²) in [6.07, 6.45) is 4.07. The Morgan fingerprint density at radius 2 is 1.84 bits per heavy atom. The molecule has 1 aromatic carbocycles. The van der Waals surface area contributed by atoms with Gasteiger partial charge in [-0.3, -0.25) is 14.6 Å². The molecule has 0 bridgehead atoms. The molecule has 0 radical (unpaired) electrons. The Bertz CT molecular complexity index is 1050. The zero-order valence-corrected chi connectivity index (χ0v) is 19.6. The molecule has 1 fully saturated rings. The van der Waals surface area contributed by atoms with Gasteiger partial charge >= 0.3 is 0 Å². The third-order valence-corrected chi connectivity index (χ3v) is 5.06. The van der Waals surface area contributed by atoms with E-state index in [1.807, 2.05) is 52.0 Å². The smallest absolute Gasteiger partial charge is 0.268 e. The summed E-state index contributed by atoms with van der Waals surface area (Å²) in [5.74, 6) is 0.530. The third kappa shape index (κ3) is 6.03. The number of fused-ring (bicyclic) bond motifs is 1. The molecule has 31 heavy (non-hydrogen) atoms. The van der Waals surface area contributed by atoms with E-state index in [9.17, 15) is 9.59 Å². The first kappa shape index (κ1) is 24.3. The topological polar surface area (TPSA) is 74.8 Å². The first-order chi connectivity index (χ1) is 15.0. The van der Waals surface area contributed by atoms with Gasteiger partial charge in [0.2, 0.25) is 0 Å². The maximum Gasteiger partial charge on any atom is 0.268 e. The average Bonchev–Trinajstić information content (AvgIpc) is 3.65. The number of aromatic amines is 1. The molecule has 5 nitrogen and oxygen atoms in total. The number of hydrogen-bond acceptors (Lipinski definition) is 3. The van der Waals surface area contributed by atoms with Crippen LogP contribution in [-0.4, -0.2) is 15.9 Å². The van der Waals surface area contributed by atoms with Crippen molar-refractivity contribution >= 4 is 16.8 Å². The molecule has 0 atom stereocenters. The predicted molar refractivity (Wildman–Crippen MR) is 129 cm³/mol. The number of pyridine rings is 2. The Labute approximate surface area is 185 Å². The summed E-state index contributed by atoms with van der Waals surface area (Å²) >= 11 is 0. The molecule has 2 heterocycles. The van der Waals surface area contributed by atoms with E-state index in [1.54, 1.807) is 6.20 Å². The number of hydrogen-bond donors (Lipinski definition) is 2. The highest BCUT2D eigenvalue weighted by Gasteiger charge is 2.25. The van der Waals surface area contributed by atoms with Gasteiger partial charge in [0.05, 0.1) is 17.8 Å². The Kier molecular flexibility index (Phi) is 8.98. The molecular weight excluding hydrogens is 386 g/mol. The van der Waals surface area contributed by atoms with Crippen LogP contribution in [0.4, 0.5) is 0 Å². The van der Waals surface area contributed by atoms with Crippen LogP contribution in [0.5, 0.6) is 0 Å². The van der Waals surface area contributed by atoms with Crippen molar-refractivity contribution in [3.05, 3.63) is 75.3 Å². The molecule has 0 aliphatic heterocycles. The summed E-state index contributed by atoms with van der Waals surface area (Å²) in [6, 6.07) is 11.1. The van der Waals surface area contributed by atoms with Crippen LogP contribution in [0.15, 0.2) is 47.4 Å². The zero-order chi connectivity index (χ0) is 23.0. The second-order valence-electron chi connectivity index (χ2n) is 7.51. The van der Waals surface area contributed by atoms with Gasteiger partial charge in [0.15, 0.2) is 5.43 Å². The first-order valence-electron chi connectivity index (χ1n) is 11.4. The number of carbonyl (C=O) groups is 1. The van der Waals surface area contributed by atoms with E-state index in [0.29, 0.717) is 17.8 Å². The summed E-state index contributed by atoms with van der Waals surface area (Å²) < 4.78 is 0.